The molecule has 1 aliphatic heterocycles. The Morgan fingerprint density at radius 2 is 2.53 bits per heavy atom. The maximum atomic E-state index is 10.5. The van der Waals surface area contributed by atoms with Gasteiger partial charge in [-0.15, -0.1) is 0 Å². The van der Waals surface area contributed by atoms with Gasteiger partial charge in [-0.25, -0.2) is 0 Å². The molecule has 1 aromatic heterocycles. The van der Waals surface area contributed by atoms with Crippen LogP contribution in [0.3, 0.4) is 0 Å². The minimum Gasteiger partial charge on any atom is -0.481 e. The van der Waals surface area contributed by atoms with Gasteiger partial charge in [-0.3, -0.25) is 9.69 Å². The van der Waals surface area contributed by atoms with Gasteiger partial charge in [0.1, 0.15) is 0 Å². The van der Waals surface area contributed by atoms with Crippen LogP contribution in [0, 0.1) is 12.8 Å². The predicted octanol–water partition coefficient (Wildman–Crippen LogP) is 1.67. The standard InChI is InChI=1S/C12H18N2O3/c1-9-6-11(17-13-9)8-14-5-4-10(7-14)2-3-12(15)16/h6,10H,2-5,7-8H2,1H3,(H,15,16). The summed E-state index contributed by atoms with van der Waals surface area (Å²) >= 11 is 0. The average Bonchev–Trinajstić information content (AvgIpc) is 2.86. The van der Waals surface area contributed by atoms with Crippen molar-refractivity contribution in [1.29, 1.82) is 0 Å². The average molecular weight is 238 g/mol. The molecule has 0 aliphatic carbocycles. The van der Waals surface area contributed by atoms with E-state index in [0.29, 0.717) is 5.92 Å². The molecule has 0 bridgehead atoms. The number of likely N-dealkylation sites (tertiary alicyclic amines) is 1. The summed E-state index contributed by atoms with van der Waals surface area (Å²) in [5.74, 6) is 0.700. The predicted molar refractivity (Wildman–Crippen MR) is 61.5 cm³/mol. The van der Waals surface area contributed by atoms with E-state index >= 15 is 0 Å². The molecule has 1 saturated heterocycles. The number of aromatic nitrogens is 1. The molecule has 5 heteroatoms. The van der Waals surface area contributed by atoms with E-state index < -0.39 is 5.97 Å². The fourth-order valence-corrected chi connectivity index (χ4v) is 2.33. The van der Waals surface area contributed by atoms with E-state index in [4.69, 9.17) is 9.63 Å². The van der Waals surface area contributed by atoms with Gasteiger partial charge in [-0.2, -0.15) is 0 Å². The Labute approximate surface area is 100 Å². The fraction of sp³-hybridized carbons (Fsp3) is 0.667. The van der Waals surface area contributed by atoms with Crippen molar-refractivity contribution in [3.05, 3.63) is 17.5 Å². The molecule has 1 aliphatic rings. The van der Waals surface area contributed by atoms with E-state index in [-0.39, 0.29) is 6.42 Å². The first-order valence-electron chi connectivity index (χ1n) is 6.00. The molecule has 0 spiro atoms. The molecule has 0 saturated carbocycles. The summed E-state index contributed by atoms with van der Waals surface area (Å²) in [7, 11) is 0. The summed E-state index contributed by atoms with van der Waals surface area (Å²) in [6.45, 7) is 4.67. The molecule has 1 fully saturated rings. The van der Waals surface area contributed by atoms with Crippen LogP contribution in [0.15, 0.2) is 10.6 Å². The van der Waals surface area contributed by atoms with Crippen LogP contribution in [-0.4, -0.2) is 34.2 Å². The normalized spacial score (nSPS) is 20.9. The van der Waals surface area contributed by atoms with Gasteiger partial charge >= 0.3 is 5.97 Å². The molecular weight excluding hydrogens is 220 g/mol. The van der Waals surface area contributed by atoms with Gasteiger partial charge in [0.25, 0.3) is 0 Å². The van der Waals surface area contributed by atoms with Crippen molar-refractivity contribution in [3.8, 4) is 0 Å². The number of carbonyl (C=O) groups is 1. The lowest BCUT2D eigenvalue weighted by Gasteiger charge is -2.13. The van der Waals surface area contributed by atoms with E-state index in [2.05, 4.69) is 10.1 Å². The number of carboxylic acids is 1. The fourth-order valence-electron chi connectivity index (χ4n) is 2.33. The van der Waals surface area contributed by atoms with E-state index in [1.807, 2.05) is 13.0 Å². The van der Waals surface area contributed by atoms with E-state index in [0.717, 1.165) is 43.9 Å². The lowest BCUT2D eigenvalue weighted by molar-refractivity contribution is -0.137. The van der Waals surface area contributed by atoms with Crippen molar-refractivity contribution in [2.45, 2.75) is 32.7 Å². The van der Waals surface area contributed by atoms with E-state index in [1.54, 1.807) is 0 Å². The Balaban J connectivity index is 1.76. The third-order valence-corrected chi connectivity index (χ3v) is 3.19. The van der Waals surface area contributed by atoms with Crippen LogP contribution in [0.2, 0.25) is 0 Å². The van der Waals surface area contributed by atoms with Crippen LogP contribution in [0.4, 0.5) is 0 Å². The van der Waals surface area contributed by atoms with Crippen molar-refractivity contribution < 1.29 is 14.4 Å². The summed E-state index contributed by atoms with van der Waals surface area (Å²) in [4.78, 5) is 12.8. The molecule has 2 rings (SSSR count). The van der Waals surface area contributed by atoms with Crippen LogP contribution in [-0.2, 0) is 11.3 Å². The van der Waals surface area contributed by atoms with E-state index in [9.17, 15) is 4.79 Å². The molecule has 2 heterocycles. The number of aliphatic carboxylic acids is 1. The van der Waals surface area contributed by atoms with Crippen molar-refractivity contribution in [1.82, 2.24) is 10.1 Å². The highest BCUT2D eigenvalue weighted by molar-refractivity contribution is 5.66. The number of carboxylic acid groups (broad SMARTS) is 1. The van der Waals surface area contributed by atoms with Gasteiger partial charge in [-0.05, 0) is 32.2 Å². The minimum atomic E-state index is -0.700. The molecule has 94 valence electrons. The Morgan fingerprint density at radius 3 is 3.18 bits per heavy atom. The minimum absolute atomic E-state index is 0.278. The van der Waals surface area contributed by atoms with Crippen molar-refractivity contribution >= 4 is 5.97 Å². The second-order valence-electron chi connectivity index (χ2n) is 4.76. The van der Waals surface area contributed by atoms with Gasteiger partial charge in [-0.1, -0.05) is 5.16 Å². The molecular formula is C12H18N2O3. The first kappa shape index (κ1) is 12.1. The van der Waals surface area contributed by atoms with Gasteiger partial charge < -0.3 is 9.63 Å². The highest BCUT2D eigenvalue weighted by Crippen LogP contribution is 2.22. The zero-order valence-electron chi connectivity index (χ0n) is 10.1. The SMILES string of the molecule is Cc1cc(CN2CCC(CCC(=O)O)C2)on1. The Hall–Kier alpha value is -1.36. The van der Waals surface area contributed by atoms with Crippen LogP contribution >= 0.6 is 0 Å². The lowest BCUT2D eigenvalue weighted by atomic mass is 10.0. The molecule has 17 heavy (non-hydrogen) atoms. The smallest absolute Gasteiger partial charge is 0.303 e. The molecule has 1 aromatic rings. The molecule has 1 atom stereocenters. The van der Waals surface area contributed by atoms with Gasteiger partial charge in [0.2, 0.25) is 0 Å². The summed E-state index contributed by atoms with van der Waals surface area (Å²) < 4.78 is 5.17. The molecule has 1 unspecified atom stereocenters. The van der Waals surface area contributed by atoms with Crippen molar-refractivity contribution in [3.63, 3.8) is 0 Å². The Morgan fingerprint density at radius 1 is 1.71 bits per heavy atom. The molecule has 1 N–H and O–H groups in total. The zero-order chi connectivity index (χ0) is 12.3. The third-order valence-electron chi connectivity index (χ3n) is 3.19. The quantitative estimate of drug-likeness (QED) is 0.845. The summed E-state index contributed by atoms with van der Waals surface area (Å²) in [6.07, 6.45) is 2.14. The lowest BCUT2D eigenvalue weighted by Crippen LogP contribution is -2.20. The second-order valence-corrected chi connectivity index (χ2v) is 4.76. The molecule has 5 nitrogen and oxygen atoms in total. The van der Waals surface area contributed by atoms with Crippen molar-refractivity contribution in [2.75, 3.05) is 13.1 Å². The maximum absolute atomic E-state index is 10.5. The number of rotatable bonds is 5. The first-order valence-corrected chi connectivity index (χ1v) is 6.00. The summed E-state index contributed by atoms with van der Waals surface area (Å²) in [6, 6.07) is 1.95. The van der Waals surface area contributed by atoms with E-state index in [1.165, 1.54) is 0 Å². The van der Waals surface area contributed by atoms with Gasteiger partial charge in [0, 0.05) is 19.0 Å². The Bertz CT molecular complexity index is 389. The summed E-state index contributed by atoms with van der Waals surface area (Å²) in [5, 5.41) is 12.5. The Kier molecular flexibility index (Phi) is 3.78. The van der Waals surface area contributed by atoms with Gasteiger partial charge in [0.15, 0.2) is 5.76 Å². The summed E-state index contributed by atoms with van der Waals surface area (Å²) in [5.41, 5.74) is 0.904. The first-order chi connectivity index (χ1) is 8.13. The number of aryl methyl sites for hydroxylation is 1. The number of hydrogen-bond acceptors (Lipinski definition) is 4. The molecule has 0 amide bonds. The van der Waals surface area contributed by atoms with Crippen LogP contribution < -0.4 is 0 Å². The van der Waals surface area contributed by atoms with Crippen molar-refractivity contribution in [2.24, 2.45) is 5.92 Å². The molecule has 0 radical (unpaired) electrons. The topological polar surface area (TPSA) is 66.6 Å². The largest absolute Gasteiger partial charge is 0.481 e. The number of hydrogen-bond donors (Lipinski definition) is 1. The van der Waals surface area contributed by atoms with Crippen LogP contribution in [0.5, 0.6) is 0 Å². The number of nitrogens with zero attached hydrogens (tertiary/aromatic N) is 2. The maximum Gasteiger partial charge on any atom is 0.303 e. The third kappa shape index (κ3) is 3.56. The zero-order valence-corrected chi connectivity index (χ0v) is 10.1. The molecule has 0 aromatic carbocycles. The van der Waals surface area contributed by atoms with Crippen LogP contribution in [0.1, 0.15) is 30.7 Å². The highest BCUT2D eigenvalue weighted by Gasteiger charge is 2.23. The van der Waals surface area contributed by atoms with Crippen LogP contribution in [0.25, 0.3) is 0 Å². The second kappa shape index (κ2) is 5.31. The monoisotopic (exact) mass is 238 g/mol. The van der Waals surface area contributed by atoms with Gasteiger partial charge in [0.05, 0.1) is 12.2 Å². The highest BCUT2D eigenvalue weighted by atomic mass is 16.5.